The van der Waals surface area contributed by atoms with Crippen LogP contribution in [0.25, 0.3) is 0 Å². The molecule has 0 spiro atoms. The topological polar surface area (TPSA) is 127 Å². The van der Waals surface area contributed by atoms with Gasteiger partial charge >= 0.3 is 5.97 Å². The maximum absolute atomic E-state index is 14.7. The molecule has 2 aliphatic rings. The van der Waals surface area contributed by atoms with Crippen LogP contribution in [-0.2, 0) is 22.4 Å². The van der Waals surface area contributed by atoms with Crippen LogP contribution in [0.3, 0.4) is 0 Å². The quantitative estimate of drug-likeness (QED) is 0.136. The van der Waals surface area contributed by atoms with Gasteiger partial charge in [0, 0.05) is 12.8 Å². The van der Waals surface area contributed by atoms with Crippen molar-refractivity contribution in [3.63, 3.8) is 0 Å². The number of aliphatic hydroxyl groups is 5. The Labute approximate surface area is 219 Å². The Bertz CT molecular complexity index is 838. The maximum Gasteiger partial charge on any atom is 0.305 e. The van der Waals surface area contributed by atoms with E-state index < -0.39 is 49.6 Å². The number of carbonyl (C=O) groups is 1. The van der Waals surface area contributed by atoms with Crippen molar-refractivity contribution in [1.29, 1.82) is 0 Å². The minimum atomic E-state index is -1.24. The van der Waals surface area contributed by atoms with Crippen LogP contribution in [-0.4, -0.2) is 76.3 Å². The van der Waals surface area contributed by atoms with Gasteiger partial charge in [-0.3, -0.25) is 4.79 Å². The molecular weight excluding hydrogens is 479 g/mol. The van der Waals surface area contributed by atoms with Crippen molar-refractivity contribution >= 4 is 5.97 Å². The first-order valence-corrected chi connectivity index (χ1v) is 13.5. The van der Waals surface area contributed by atoms with Crippen LogP contribution in [0.2, 0.25) is 0 Å². The average Bonchev–Trinajstić information content (AvgIpc) is 3.46. The van der Waals surface area contributed by atoms with Crippen molar-refractivity contribution in [3.05, 3.63) is 47.5 Å². The Morgan fingerprint density at radius 2 is 1.73 bits per heavy atom. The zero-order chi connectivity index (χ0) is 26.8. The fourth-order valence-electron chi connectivity index (χ4n) is 5.65. The number of hydrogen-bond acceptors (Lipinski definition) is 7. The molecule has 0 aromatic heterocycles. The Hall–Kier alpha value is -1.84. The summed E-state index contributed by atoms with van der Waals surface area (Å²) in [5, 5.41) is 49.1. The molecule has 0 heterocycles. The predicted octanol–water partition coefficient (Wildman–Crippen LogP) is 2.50. The molecule has 2 aliphatic carbocycles. The van der Waals surface area contributed by atoms with Crippen LogP contribution >= 0.6 is 0 Å². The van der Waals surface area contributed by atoms with Crippen molar-refractivity contribution in [1.82, 2.24) is 0 Å². The first-order chi connectivity index (χ1) is 17.8. The Morgan fingerprint density at radius 3 is 2.35 bits per heavy atom. The number of allylic oxidation sites excluding steroid dienone is 2. The monoisotopic (exact) mass is 522 g/mol. The van der Waals surface area contributed by atoms with Gasteiger partial charge < -0.3 is 30.3 Å². The highest BCUT2D eigenvalue weighted by Gasteiger charge is 2.42. The molecule has 0 amide bonds. The molecule has 1 saturated carbocycles. The molecule has 0 radical (unpaired) electrons. The first kappa shape index (κ1) is 29.7. The van der Waals surface area contributed by atoms with Crippen molar-refractivity contribution in [2.24, 2.45) is 23.2 Å². The summed E-state index contributed by atoms with van der Waals surface area (Å²) in [7, 11) is 0. The molecule has 0 bridgehead atoms. The van der Waals surface area contributed by atoms with E-state index in [1.807, 2.05) is 24.3 Å². The summed E-state index contributed by atoms with van der Waals surface area (Å²) in [5.41, 5.74) is 1.34. The van der Waals surface area contributed by atoms with Crippen LogP contribution in [0.15, 0.2) is 36.4 Å². The third-order valence-corrected chi connectivity index (χ3v) is 8.27. The third kappa shape index (κ3) is 8.07. The van der Waals surface area contributed by atoms with E-state index in [-0.39, 0.29) is 37.2 Å². The SMILES string of the molecule is O=C(CCC/C=C\C[C@@H]1[C@@H](CC[C@@H](O)C2Cc3ccccc3C2)[C@@H](F)C[C@@H]1O)OCC(CO)(CO)CO. The number of alkyl halides is 1. The highest BCUT2D eigenvalue weighted by atomic mass is 19.1. The smallest absolute Gasteiger partial charge is 0.305 e. The number of fused-ring (bicyclic) bond motifs is 1. The zero-order valence-corrected chi connectivity index (χ0v) is 21.6. The number of unbranched alkanes of at least 4 members (excludes halogenated alkanes) is 1. The predicted molar refractivity (Wildman–Crippen MR) is 137 cm³/mol. The summed E-state index contributed by atoms with van der Waals surface area (Å²) in [6.45, 7) is -1.72. The minimum Gasteiger partial charge on any atom is -0.465 e. The first-order valence-electron chi connectivity index (χ1n) is 13.5. The van der Waals surface area contributed by atoms with Crippen LogP contribution in [0.5, 0.6) is 0 Å². The minimum absolute atomic E-state index is 0.136. The average molecular weight is 523 g/mol. The normalized spacial score (nSPS) is 25.0. The van der Waals surface area contributed by atoms with Crippen molar-refractivity contribution in [2.45, 2.75) is 76.2 Å². The number of carbonyl (C=O) groups excluding carboxylic acids is 1. The lowest BCUT2D eigenvalue weighted by Crippen LogP contribution is -2.39. The van der Waals surface area contributed by atoms with Crippen LogP contribution in [0.4, 0.5) is 4.39 Å². The molecule has 0 unspecified atom stereocenters. The van der Waals surface area contributed by atoms with E-state index in [1.165, 1.54) is 11.1 Å². The number of hydrogen-bond donors (Lipinski definition) is 5. The van der Waals surface area contributed by atoms with Crippen LogP contribution in [0.1, 0.15) is 56.1 Å². The Morgan fingerprint density at radius 1 is 1.08 bits per heavy atom. The Balaban J connectivity index is 1.37. The summed E-state index contributed by atoms with van der Waals surface area (Å²) in [5.74, 6) is -0.770. The molecule has 37 heavy (non-hydrogen) atoms. The molecule has 3 rings (SSSR count). The number of esters is 1. The second kappa shape index (κ2) is 14.4. The highest BCUT2D eigenvalue weighted by Crippen LogP contribution is 2.41. The summed E-state index contributed by atoms with van der Waals surface area (Å²) < 4.78 is 19.8. The fraction of sp³-hybridized carbons (Fsp3) is 0.690. The molecule has 208 valence electrons. The van der Waals surface area contributed by atoms with Crippen molar-refractivity contribution < 1.29 is 39.5 Å². The van der Waals surface area contributed by atoms with Gasteiger partial charge in [0.1, 0.15) is 12.8 Å². The van der Waals surface area contributed by atoms with Crippen molar-refractivity contribution in [2.75, 3.05) is 26.4 Å². The lowest BCUT2D eigenvalue weighted by Gasteiger charge is -2.26. The molecule has 0 saturated heterocycles. The molecule has 1 aromatic rings. The standard InChI is InChI=1S/C29H43FO7/c30-25-15-27(35)24(9-3-1-2-4-10-28(36)37-19-29(16-31,17-32)18-33)23(25)11-12-26(34)22-13-20-7-5-6-8-21(20)14-22/h1,3,5-8,22-27,31-35H,2,4,9-19H2/b3-1-/t23-,24-,25+,26-,27+/m1/s1. The summed E-state index contributed by atoms with van der Waals surface area (Å²) in [6, 6.07) is 8.25. The molecule has 5 N–H and O–H groups in total. The van der Waals surface area contributed by atoms with Crippen molar-refractivity contribution in [3.8, 4) is 0 Å². The van der Waals surface area contributed by atoms with E-state index in [0.29, 0.717) is 32.1 Å². The van der Waals surface area contributed by atoms with E-state index >= 15 is 0 Å². The van der Waals surface area contributed by atoms with Gasteiger partial charge in [0.05, 0.1) is 37.4 Å². The second-order valence-corrected chi connectivity index (χ2v) is 11.0. The summed E-state index contributed by atoms with van der Waals surface area (Å²) in [6.07, 6.45) is 6.40. The van der Waals surface area contributed by atoms with Gasteiger partial charge in [-0.05, 0) is 73.8 Å². The van der Waals surface area contributed by atoms with Gasteiger partial charge in [-0.25, -0.2) is 4.39 Å². The number of halogens is 1. The van der Waals surface area contributed by atoms with E-state index in [4.69, 9.17) is 4.74 Å². The van der Waals surface area contributed by atoms with Gasteiger partial charge in [0.15, 0.2) is 0 Å². The summed E-state index contributed by atoms with van der Waals surface area (Å²) in [4.78, 5) is 11.9. The number of aliphatic hydroxyl groups excluding tert-OH is 5. The number of ether oxygens (including phenoxy) is 1. The fourth-order valence-corrected chi connectivity index (χ4v) is 5.65. The van der Waals surface area contributed by atoms with Gasteiger partial charge in [-0.15, -0.1) is 0 Å². The molecule has 0 aliphatic heterocycles. The molecule has 7 nitrogen and oxygen atoms in total. The Kier molecular flexibility index (Phi) is 11.5. The molecule has 1 aromatic carbocycles. The van der Waals surface area contributed by atoms with Crippen LogP contribution < -0.4 is 0 Å². The van der Waals surface area contributed by atoms with E-state index in [2.05, 4.69) is 12.1 Å². The van der Waals surface area contributed by atoms with Gasteiger partial charge in [0.2, 0.25) is 0 Å². The third-order valence-electron chi connectivity index (χ3n) is 8.27. The lowest BCUT2D eigenvalue weighted by atomic mass is 9.84. The zero-order valence-electron chi connectivity index (χ0n) is 21.6. The molecular formula is C29H43FO7. The van der Waals surface area contributed by atoms with E-state index in [1.54, 1.807) is 0 Å². The maximum atomic E-state index is 14.7. The number of benzene rings is 1. The molecule has 5 atom stereocenters. The molecule has 1 fully saturated rings. The van der Waals surface area contributed by atoms with Gasteiger partial charge in [-0.1, -0.05) is 36.4 Å². The van der Waals surface area contributed by atoms with Gasteiger partial charge in [-0.2, -0.15) is 0 Å². The molecule has 8 heteroatoms. The summed E-state index contributed by atoms with van der Waals surface area (Å²) >= 11 is 0. The van der Waals surface area contributed by atoms with Crippen LogP contribution in [0, 0.1) is 23.2 Å². The van der Waals surface area contributed by atoms with E-state index in [0.717, 1.165) is 12.8 Å². The number of rotatable bonds is 15. The largest absolute Gasteiger partial charge is 0.465 e. The van der Waals surface area contributed by atoms with E-state index in [9.17, 15) is 34.7 Å². The lowest BCUT2D eigenvalue weighted by molar-refractivity contribution is -0.151. The highest BCUT2D eigenvalue weighted by molar-refractivity contribution is 5.69. The second-order valence-electron chi connectivity index (χ2n) is 11.0. The van der Waals surface area contributed by atoms with Gasteiger partial charge in [0.25, 0.3) is 0 Å².